The fourth-order valence-electron chi connectivity index (χ4n) is 0.316. The average molecular weight is 463 g/mol. The minimum absolute atomic E-state index is 0. The van der Waals surface area contributed by atoms with Gasteiger partial charge in [0.25, 0.3) is 0 Å². The summed E-state index contributed by atoms with van der Waals surface area (Å²) in [5, 5.41) is 0. The SMILES string of the molecule is CCO[P+](=O)[O-].CCO[P+](=O)[O-].CCO[P+](=O)[O-].[La+3]. The summed E-state index contributed by atoms with van der Waals surface area (Å²) in [6, 6.07) is 0. The van der Waals surface area contributed by atoms with E-state index < -0.39 is 24.8 Å². The van der Waals surface area contributed by atoms with Crippen molar-refractivity contribution in [2.24, 2.45) is 0 Å². The van der Waals surface area contributed by atoms with Crippen LogP contribution in [0.1, 0.15) is 20.8 Å². The van der Waals surface area contributed by atoms with Crippen LogP contribution in [-0.2, 0) is 27.3 Å². The third kappa shape index (κ3) is 54.5. The third-order valence-corrected chi connectivity index (χ3v) is 2.11. The Morgan fingerprint density at radius 3 is 0.842 bits per heavy atom. The minimum Gasteiger partial charge on any atom is -0.566 e. The predicted octanol–water partition coefficient (Wildman–Crippen LogP) is 0.122. The summed E-state index contributed by atoms with van der Waals surface area (Å²) in [7, 11) is -7.80. The number of hydrogen-bond donors (Lipinski definition) is 0. The number of rotatable bonds is 6. The second-order valence-electron chi connectivity index (χ2n) is 1.92. The van der Waals surface area contributed by atoms with Crippen molar-refractivity contribution >= 4 is 24.8 Å². The molecule has 0 radical (unpaired) electrons. The molecule has 0 amide bonds. The van der Waals surface area contributed by atoms with Gasteiger partial charge >= 0.3 is 60.4 Å². The Morgan fingerprint density at radius 2 is 0.842 bits per heavy atom. The van der Waals surface area contributed by atoms with Crippen LogP contribution in [0.4, 0.5) is 0 Å². The average Bonchev–Trinajstić information content (AvgIpc) is 2.18. The summed E-state index contributed by atoms with van der Waals surface area (Å²) in [5.41, 5.74) is 0. The Kier molecular flexibility index (Phi) is 36.3. The van der Waals surface area contributed by atoms with Crippen molar-refractivity contribution < 1.29 is 77.5 Å². The molecule has 9 nitrogen and oxygen atoms in total. The molecule has 0 aliphatic heterocycles. The third-order valence-electron chi connectivity index (χ3n) is 0.704. The summed E-state index contributed by atoms with van der Waals surface area (Å²) < 4.78 is 40.2. The molecular formula is C6H15LaO9P3+3. The van der Waals surface area contributed by atoms with Crippen LogP contribution < -0.4 is 14.7 Å². The molecule has 0 aliphatic rings. The van der Waals surface area contributed by atoms with Crippen LogP contribution in [0.5, 0.6) is 0 Å². The maximum atomic E-state index is 9.41. The van der Waals surface area contributed by atoms with Crippen molar-refractivity contribution in [1.82, 2.24) is 0 Å². The van der Waals surface area contributed by atoms with E-state index in [1.165, 1.54) is 0 Å². The van der Waals surface area contributed by atoms with Crippen molar-refractivity contribution in [2.75, 3.05) is 19.8 Å². The van der Waals surface area contributed by atoms with E-state index in [1.54, 1.807) is 20.8 Å². The Bertz CT molecular complexity index is 202. The first-order valence-electron chi connectivity index (χ1n) is 4.63. The van der Waals surface area contributed by atoms with Crippen molar-refractivity contribution in [3.63, 3.8) is 0 Å². The largest absolute Gasteiger partial charge is 3.00 e. The number of hydrogen-bond acceptors (Lipinski definition) is 9. The molecule has 0 bridgehead atoms. The fourth-order valence-corrected chi connectivity index (χ4v) is 0.949. The van der Waals surface area contributed by atoms with Crippen LogP contribution in [0.15, 0.2) is 0 Å². The molecular weight excluding hydrogens is 448 g/mol. The summed E-state index contributed by atoms with van der Waals surface area (Å²) in [4.78, 5) is 28.2. The van der Waals surface area contributed by atoms with Crippen LogP contribution >= 0.6 is 24.8 Å². The van der Waals surface area contributed by atoms with E-state index in [2.05, 4.69) is 13.6 Å². The van der Waals surface area contributed by atoms with E-state index in [4.69, 9.17) is 0 Å². The fraction of sp³-hybridized carbons (Fsp3) is 1.00. The van der Waals surface area contributed by atoms with Crippen molar-refractivity contribution in [3.8, 4) is 0 Å². The molecule has 0 saturated carbocycles. The molecule has 0 rings (SSSR count). The zero-order chi connectivity index (χ0) is 15.0. The van der Waals surface area contributed by atoms with Gasteiger partial charge in [-0.1, -0.05) is 0 Å². The topological polar surface area (TPSA) is 148 Å². The molecule has 108 valence electrons. The molecule has 0 fully saturated rings. The molecule has 3 atom stereocenters. The van der Waals surface area contributed by atoms with Crippen molar-refractivity contribution in [1.29, 1.82) is 0 Å². The van der Waals surface area contributed by atoms with Crippen molar-refractivity contribution in [3.05, 3.63) is 0 Å². The molecule has 0 aromatic carbocycles. The molecule has 0 N–H and O–H groups in total. The van der Waals surface area contributed by atoms with E-state index in [0.717, 1.165) is 0 Å². The second-order valence-corrected chi connectivity index (χ2v) is 4.04. The summed E-state index contributed by atoms with van der Waals surface area (Å²) in [6.45, 7) is 5.55. The standard InChI is InChI=1S/3C2H5O3P.La/c3*1-2-5-6(3)4;/h3*2H2,1H3;/q;;;+3. The maximum Gasteiger partial charge on any atom is 3.00 e. The maximum absolute atomic E-state index is 9.41. The van der Waals surface area contributed by atoms with E-state index in [9.17, 15) is 28.4 Å². The Morgan fingerprint density at radius 1 is 0.684 bits per heavy atom. The zero-order valence-corrected chi connectivity index (χ0v) is 17.0. The van der Waals surface area contributed by atoms with E-state index in [0.29, 0.717) is 0 Å². The monoisotopic (exact) mass is 463 g/mol. The molecule has 0 spiro atoms. The van der Waals surface area contributed by atoms with E-state index in [-0.39, 0.29) is 55.4 Å². The minimum atomic E-state index is -2.60. The Hall–Kier alpha value is 1.25. The summed E-state index contributed by atoms with van der Waals surface area (Å²) >= 11 is 0. The smallest absolute Gasteiger partial charge is 0.566 e. The molecule has 0 aromatic heterocycles. The van der Waals surface area contributed by atoms with E-state index in [1.807, 2.05) is 0 Å². The molecule has 0 saturated heterocycles. The van der Waals surface area contributed by atoms with Gasteiger partial charge in [0.2, 0.25) is 0 Å². The van der Waals surface area contributed by atoms with E-state index >= 15 is 0 Å². The zero-order valence-electron chi connectivity index (χ0n) is 10.7. The summed E-state index contributed by atoms with van der Waals surface area (Å²) in [5.74, 6) is 0. The first-order valence-corrected chi connectivity index (χ1v) is 7.92. The molecule has 3 unspecified atom stereocenters. The van der Waals surface area contributed by atoms with Gasteiger partial charge in [0, 0.05) is 0 Å². The van der Waals surface area contributed by atoms with Gasteiger partial charge in [-0.05, 0) is 34.5 Å². The van der Waals surface area contributed by atoms with Crippen molar-refractivity contribution in [2.45, 2.75) is 20.8 Å². The summed E-state index contributed by atoms with van der Waals surface area (Å²) in [6.07, 6.45) is 0. The first-order chi connectivity index (χ1) is 8.31. The second kappa shape index (κ2) is 24.3. The molecule has 0 aromatic rings. The van der Waals surface area contributed by atoms with Crippen LogP contribution in [0.3, 0.4) is 0 Å². The van der Waals surface area contributed by atoms with Crippen LogP contribution in [0, 0.1) is 35.6 Å². The normalized spacial score (nSPS) is 10.7. The van der Waals surface area contributed by atoms with Crippen LogP contribution in [-0.4, -0.2) is 19.8 Å². The first kappa shape index (κ1) is 28.4. The van der Waals surface area contributed by atoms with Crippen LogP contribution in [0.25, 0.3) is 0 Å². The van der Waals surface area contributed by atoms with Gasteiger partial charge in [-0.25, -0.2) is 0 Å². The molecule has 13 heteroatoms. The molecule has 19 heavy (non-hydrogen) atoms. The van der Waals surface area contributed by atoms with Gasteiger partial charge in [0.1, 0.15) is 0 Å². The van der Waals surface area contributed by atoms with Gasteiger partial charge in [-0.15, -0.1) is 13.6 Å². The van der Waals surface area contributed by atoms with Gasteiger partial charge in [0.15, 0.2) is 0 Å². The van der Waals surface area contributed by atoms with Crippen LogP contribution in [0.2, 0.25) is 0 Å². The van der Waals surface area contributed by atoms with Gasteiger partial charge < -0.3 is 14.7 Å². The Labute approximate surface area is 142 Å². The molecule has 0 heterocycles. The van der Waals surface area contributed by atoms with Gasteiger partial charge in [-0.2, -0.15) is 0 Å². The van der Waals surface area contributed by atoms with Gasteiger partial charge in [0.05, 0.1) is 19.8 Å². The van der Waals surface area contributed by atoms with Gasteiger partial charge in [-0.3, -0.25) is 0 Å². The quantitative estimate of drug-likeness (QED) is 0.501. The predicted molar refractivity (Wildman–Crippen MR) is 57.7 cm³/mol. The molecule has 0 aliphatic carbocycles. The Balaban J connectivity index is -0.0000000865.